The summed E-state index contributed by atoms with van der Waals surface area (Å²) < 4.78 is 6.22. The highest BCUT2D eigenvalue weighted by Crippen LogP contribution is 2.24. The summed E-state index contributed by atoms with van der Waals surface area (Å²) in [5, 5.41) is 11.9. The average Bonchev–Trinajstić information content (AvgIpc) is 2.36. The van der Waals surface area contributed by atoms with Crippen LogP contribution in [0.5, 0.6) is 5.75 Å². The number of hydrogen-bond donors (Lipinski definition) is 2. The molecule has 0 spiro atoms. The van der Waals surface area contributed by atoms with Gasteiger partial charge in [-0.1, -0.05) is 15.9 Å². The number of benzene rings is 1. The summed E-state index contributed by atoms with van der Waals surface area (Å²) in [6.45, 7) is 3.48. The van der Waals surface area contributed by atoms with Crippen LogP contribution >= 0.6 is 15.9 Å². The van der Waals surface area contributed by atoms with Crippen molar-refractivity contribution in [2.75, 3.05) is 13.7 Å². The fraction of sp³-hybridized carbons (Fsp3) is 0.500. The van der Waals surface area contributed by atoms with Gasteiger partial charge in [0.2, 0.25) is 5.91 Å². The van der Waals surface area contributed by atoms with Crippen molar-refractivity contribution >= 4 is 21.8 Å². The third-order valence-electron chi connectivity index (χ3n) is 2.74. The van der Waals surface area contributed by atoms with Gasteiger partial charge in [0.1, 0.15) is 5.75 Å². The van der Waals surface area contributed by atoms with Crippen molar-refractivity contribution in [2.45, 2.75) is 32.2 Å². The molecule has 5 heteroatoms. The molecule has 2 N–H and O–H groups in total. The maximum Gasteiger partial charge on any atom is 0.220 e. The van der Waals surface area contributed by atoms with Gasteiger partial charge in [0.05, 0.1) is 19.3 Å². The van der Waals surface area contributed by atoms with Gasteiger partial charge >= 0.3 is 0 Å². The van der Waals surface area contributed by atoms with Crippen LogP contribution in [0, 0.1) is 0 Å². The summed E-state index contributed by atoms with van der Waals surface area (Å²) >= 11 is 3.40. The molecule has 0 saturated carbocycles. The van der Waals surface area contributed by atoms with Gasteiger partial charge in [-0.15, -0.1) is 0 Å². The van der Waals surface area contributed by atoms with E-state index in [9.17, 15) is 4.79 Å². The number of hydrogen-bond acceptors (Lipinski definition) is 3. The molecule has 0 radical (unpaired) electrons. The summed E-state index contributed by atoms with van der Waals surface area (Å²) in [7, 11) is 1.61. The smallest absolute Gasteiger partial charge is 0.220 e. The lowest BCUT2D eigenvalue weighted by molar-refractivity contribution is -0.123. The minimum absolute atomic E-state index is 0.0823. The van der Waals surface area contributed by atoms with Crippen molar-refractivity contribution in [3.05, 3.63) is 28.2 Å². The second kappa shape index (κ2) is 6.91. The number of aliphatic hydroxyl groups excluding tert-OH is 1. The Kier molecular flexibility index (Phi) is 5.82. The number of rotatable bonds is 6. The lowest BCUT2D eigenvalue weighted by Crippen LogP contribution is -2.46. The summed E-state index contributed by atoms with van der Waals surface area (Å²) in [5.41, 5.74) is 0.396. The Balaban J connectivity index is 2.62. The number of ether oxygens (including phenoxy) is 1. The molecule has 0 fully saturated rings. The van der Waals surface area contributed by atoms with Gasteiger partial charge in [0.25, 0.3) is 0 Å². The van der Waals surface area contributed by atoms with Crippen LogP contribution in [0.2, 0.25) is 0 Å². The molecule has 0 unspecified atom stereocenters. The fourth-order valence-corrected chi connectivity index (χ4v) is 2.08. The highest BCUT2D eigenvalue weighted by atomic mass is 79.9. The van der Waals surface area contributed by atoms with Crippen molar-refractivity contribution < 1.29 is 14.6 Å². The van der Waals surface area contributed by atoms with E-state index in [4.69, 9.17) is 9.84 Å². The maximum absolute atomic E-state index is 11.8. The number of carbonyl (C=O) groups excluding carboxylic acids is 1. The SMILES string of the molecule is COc1ccc(Br)cc1CCC(=O)NC(C)(C)CO. The number of methoxy groups -OCH3 is 1. The van der Waals surface area contributed by atoms with Crippen LogP contribution in [0.4, 0.5) is 0 Å². The third-order valence-corrected chi connectivity index (χ3v) is 3.23. The predicted molar refractivity (Wildman–Crippen MR) is 78.3 cm³/mol. The van der Waals surface area contributed by atoms with E-state index >= 15 is 0 Å². The number of carbonyl (C=O) groups is 1. The molecule has 106 valence electrons. The van der Waals surface area contributed by atoms with Gasteiger partial charge < -0.3 is 15.2 Å². The van der Waals surface area contributed by atoms with Gasteiger partial charge in [-0.3, -0.25) is 4.79 Å². The van der Waals surface area contributed by atoms with Crippen molar-refractivity contribution in [3.63, 3.8) is 0 Å². The summed E-state index contributed by atoms with van der Waals surface area (Å²) in [5.74, 6) is 0.693. The first-order chi connectivity index (χ1) is 8.88. The van der Waals surface area contributed by atoms with Crippen LogP contribution in [0.15, 0.2) is 22.7 Å². The summed E-state index contributed by atoms with van der Waals surface area (Å²) in [6.07, 6.45) is 0.951. The molecule has 1 aromatic rings. The van der Waals surface area contributed by atoms with Crippen LogP contribution in [-0.4, -0.2) is 30.3 Å². The highest BCUT2D eigenvalue weighted by molar-refractivity contribution is 9.10. The Bertz CT molecular complexity index is 446. The van der Waals surface area contributed by atoms with E-state index in [0.717, 1.165) is 15.8 Å². The minimum atomic E-state index is -0.585. The Labute approximate surface area is 122 Å². The predicted octanol–water partition coefficient (Wildman–Crippen LogP) is 2.28. The van der Waals surface area contributed by atoms with E-state index in [1.807, 2.05) is 18.2 Å². The van der Waals surface area contributed by atoms with Crippen molar-refractivity contribution in [2.24, 2.45) is 0 Å². The quantitative estimate of drug-likeness (QED) is 0.841. The number of halogens is 1. The molecule has 0 saturated heterocycles. The first kappa shape index (κ1) is 16.0. The highest BCUT2D eigenvalue weighted by Gasteiger charge is 2.19. The van der Waals surface area contributed by atoms with Gasteiger partial charge in [0, 0.05) is 10.9 Å². The normalized spacial score (nSPS) is 11.2. The number of aliphatic hydroxyl groups is 1. The second-order valence-electron chi connectivity index (χ2n) is 5.05. The molecular formula is C14H20BrNO3. The second-order valence-corrected chi connectivity index (χ2v) is 5.96. The number of aryl methyl sites for hydroxylation is 1. The minimum Gasteiger partial charge on any atom is -0.496 e. The molecule has 0 aliphatic carbocycles. The average molecular weight is 330 g/mol. The van der Waals surface area contributed by atoms with E-state index in [1.165, 1.54) is 0 Å². The van der Waals surface area contributed by atoms with Gasteiger partial charge in [-0.05, 0) is 44.0 Å². The molecule has 0 aliphatic heterocycles. The maximum atomic E-state index is 11.8. The fourth-order valence-electron chi connectivity index (χ4n) is 1.67. The lowest BCUT2D eigenvalue weighted by atomic mass is 10.1. The summed E-state index contributed by atoms with van der Waals surface area (Å²) in [6, 6.07) is 5.72. The Morgan fingerprint density at radius 1 is 1.47 bits per heavy atom. The van der Waals surface area contributed by atoms with E-state index in [2.05, 4.69) is 21.2 Å². The first-order valence-electron chi connectivity index (χ1n) is 6.12. The molecule has 1 amide bonds. The van der Waals surface area contributed by atoms with Crippen molar-refractivity contribution in [1.82, 2.24) is 5.32 Å². The van der Waals surface area contributed by atoms with Crippen molar-refractivity contribution in [1.29, 1.82) is 0 Å². The number of amides is 1. The molecule has 0 atom stereocenters. The molecule has 19 heavy (non-hydrogen) atoms. The zero-order valence-corrected chi connectivity index (χ0v) is 13.1. The largest absolute Gasteiger partial charge is 0.496 e. The van der Waals surface area contributed by atoms with E-state index in [-0.39, 0.29) is 12.5 Å². The molecule has 0 aromatic heterocycles. The van der Waals surface area contributed by atoms with E-state index in [1.54, 1.807) is 21.0 Å². The monoisotopic (exact) mass is 329 g/mol. The molecule has 0 bridgehead atoms. The van der Waals surface area contributed by atoms with Gasteiger partial charge in [0.15, 0.2) is 0 Å². The van der Waals surface area contributed by atoms with Crippen LogP contribution < -0.4 is 10.1 Å². The van der Waals surface area contributed by atoms with Crippen molar-refractivity contribution in [3.8, 4) is 5.75 Å². The van der Waals surface area contributed by atoms with Gasteiger partial charge in [-0.25, -0.2) is 0 Å². The van der Waals surface area contributed by atoms with Crippen LogP contribution in [-0.2, 0) is 11.2 Å². The standard InChI is InChI=1S/C14H20BrNO3/c1-14(2,9-17)16-13(18)7-4-10-8-11(15)5-6-12(10)19-3/h5-6,8,17H,4,7,9H2,1-3H3,(H,16,18). The van der Waals surface area contributed by atoms with Crippen LogP contribution in [0.1, 0.15) is 25.8 Å². The lowest BCUT2D eigenvalue weighted by Gasteiger charge is -2.23. The van der Waals surface area contributed by atoms with E-state index < -0.39 is 5.54 Å². The molecule has 0 aliphatic rings. The zero-order valence-electron chi connectivity index (χ0n) is 11.5. The van der Waals surface area contributed by atoms with Crippen LogP contribution in [0.3, 0.4) is 0 Å². The number of nitrogens with one attached hydrogen (secondary N) is 1. The molecule has 0 heterocycles. The molecule has 1 aromatic carbocycles. The van der Waals surface area contributed by atoms with Crippen LogP contribution in [0.25, 0.3) is 0 Å². The zero-order chi connectivity index (χ0) is 14.5. The summed E-state index contributed by atoms with van der Waals surface area (Å²) in [4.78, 5) is 11.8. The first-order valence-corrected chi connectivity index (χ1v) is 6.91. The third kappa shape index (κ3) is 5.20. The van der Waals surface area contributed by atoms with E-state index in [0.29, 0.717) is 12.8 Å². The Morgan fingerprint density at radius 2 is 2.16 bits per heavy atom. The Hall–Kier alpha value is -1.07. The molecule has 4 nitrogen and oxygen atoms in total. The van der Waals surface area contributed by atoms with Gasteiger partial charge in [-0.2, -0.15) is 0 Å². The topological polar surface area (TPSA) is 58.6 Å². The molecule has 1 rings (SSSR count). The Morgan fingerprint density at radius 3 is 2.74 bits per heavy atom. The molecular weight excluding hydrogens is 310 g/mol.